The van der Waals surface area contributed by atoms with Crippen LogP contribution in [0.2, 0.25) is 5.02 Å². The highest BCUT2D eigenvalue weighted by molar-refractivity contribution is 6.34. The molecule has 0 N–H and O–H groups in total. The van der Waals surface area contributed by atoms with E-state index < -0.39 is 12.1 Å². The van der Waals surface area contributed by atoms with Crippen LogP contribution in [0.4, 0.5) is 13.2 Å². The number of hydrogen-bond donors (Lipinski definition) is 0. The fourth-order valence-electron chi connectivity index (χ4n) is 2.61. The van der Waals surface area contributed by atoms with E-state index in [1.165, 1.54) is 0 Å². The van der Waals surface area contributed by atoms with Gasteiger partial charge in [0, 0.05) is 12.1 Å². The van der Waals surface area contributed by atoms with Gasteiger partial charge in [0.2, 0.25) is 5.82 Å². The first-order chi connectivity index (χ1) is 12.4. The average molecular weight is 379 g/mol. The number of para-hydroxylation sites is 1. The van der Waals surface area contributed by atoms with Crippen LogP contribution in [-0.2, 0) is 12.7 Å². The molecule has 0 bridgehead atoms. The zero-order valence-electron chi connectivity index (χ0n) is 13.0. The predicted molar refractivity (Wildman–Crippen MR) is 88.6 cm³/mol. The van der Waals surface area contributed by atoms with Crippen molar-refractivity contribution in [3.05, 3.63) is 65.3 Å². The van der Waals surface area contributed by atoms with Crippen molar-refractivity contribution in [3.63, 3.8) is 0 Å². The van der Waals surface area contributed by atoms with Crippen molar-refractivity contribution in [1.82, 2.24) is 19.7 Å². The van der Waals surface area contributed by atoms with Crippen molar-refractivity contribution >= 4 is 22.6 Å². The van der Waals surface area contributed by atoms with Gasteiger partial charge in [0.25, 0.3) is 0 Å². The lowest BCUT2D eigenvalue weighted by molar-refractivity contribution is -0.159. The van der Waals surface area contributed by atoms with Crippen molar-refractivity contribution in [2.75, 3.05) is 0 Å². The Labute approximate surface area is 150 Å². The van der Waals surface area contributed by atoms with Crippen molar-refractivity contribution in [1.29, 1.82) is 0 Å². The quantitative estimate of drug-likeness (QED) is 0.513. The van der Waals surface area contributed by atoms with Gasteiger partial charge in [-0.15, -0.1) is 0 Å². The maximum absolute atomic E-state index is 12.5. The lowest BCUT2D eigenvalue weighted by Gasteiger charge is -2.06. The van der Waals surface area contributed by atoms with Gasteiger partial charge in [0.05, 0.1) is 22.4 Å². The van der Waals surface area contributed by atoms with Crippen LogP contribution in [0.3, 0.4) is 0 Å². The van der Waals surface area contributed by atoms with Gasteiger partial charge in [0.1, 0.15) is 0 Å². The second kappa shape index (κ2) is 6.14. The molecule has 9 heteroatoms. The van der Waals surface area contributed by atoms with Gasteiger partial charge in [-0.3, -0.25) is 0 Å². The van der Waals surface area contributed by atoms with Crippen LogP contribution in [0.15, 0.2) is 53.3 Å². The zero-order chi connectivity index (χ0) is 18.3. The van der Waals surface area contributed by atoms with E-state index in [0.717, 1.165) is 16.6 Å². The first-order valence-corrected chi connectivity index (χ1v) is 7.89. The van der Waals surface area contributed by atoms with E-state index in [9.17, 15) is 13.2 Å². The molecule has 0 fully saturated rings. The largest absolute Gasteiger partial charge is 0.471 e. The number of hydrogen-bond acceptors (Lipinski definition) is 4. The van der Waals surface area contributed by atoms with Crippen LogP contribution < -0.4 is 0 Å². The summed E-state index contributed by atoms with van der Waals surface area (Å²) in [7, 11) is 0. The summed E-state index contributed by atoms with van der Waals surface area (Å²) in [6.45, 7) is 0.514. The van der Waals surface area contributed by atoms with Crippen molar-refractivity contribution < 1.29 is 17.7 Å². The van der Waals surface area contributed by atoms with E-state index in [1.54, 1.807) is 36.7 Å². The highest BCUT2D eigenvalue weighted by Gasteiger charge is 2.38. The van der Waals surface area contributed by atoms with Crippen LogP contribution in [-0.4, -0.2) is 19.7 Å². The minimum absolute atomic E-state index is 0.111. The fraction of sp³-hybridized carbons (Fsp3) is 0.118. The summed E-state index contributed by atoms with van der Waals surface area (Å²) in [6, 6.07) is 12.3. The maximum atomic E-state index is 12.5. The molecule has 0 radical (unpaired) electrons. The third-order valence-electron chi connectivity index (χ3n) is 3.82. The lowest BCUT2D eigenvalue weighted by atomic mass is 10.1. The fourth-order valence-corrected chi connectivity index (χ4v) is 2.89. The first kappa shape index (κ1) is 16.6. The van der Waals surface area contributed by atoms with Crippen LogP contribution in [0.25, 0.3) is 22.4 Å². The Bertz CT molecular complexity index is 1070. The van der Waals surface area contributed by atoms with Crippen LogP contribution in [0.1, 0.15) is 11.5 Å². The number of fused-ring (bicyclic) bond motifs is 1. The Morgan fingerprint density at radius 1 is 1.08 bits per heavy atom. The minimum Gasteiger partial charge on any atom is -0.329 e. The summed E-state index contributed by atoms with van der Waals surface area (Å²) in [4.78, 5) is 7.68. The molecule has 0 saturated carbocycles. The Balaban J connectivity index is 1.59. The third-order valence-corrected chi connectivity index (χ3v) is 4.13. The van der Waals surface area contributed by atoms with Gasteiger partial charge < -0.3 is 9.09 Å². The smallest absolute Gasteiger partial charge is 0.329 e. The predicted octanol–water partition coefficient (Wildman–Crippen LogP) is 4.81. The molecule has 2 heterocycles. The van der Waals surface area contributed by atoms with Gasteiger partial charge in [0.15, 0.2) is 0 Å². The van der Waals surface area contributed by atoms with Gasteiger partial charge in [-0.05, 0) is 17.7 Å². The number of halogens is 4. The SMILES string of the molecule is FC(F)(F)c1nc(-c2ccc(Cn3cnc4cccc(Cl)c43)cc2)no1. The second-order valence-electron chi connectivity index (χ2n) is 5.60. The Kier molecular flexibility index (Phi) is 3.91. The Morgan fingerprint density at radius 3 is 2.54 bits per heavy atom. The van der Waals surface area contributed by atoms with Crippen LogP contribution in [0, 0.1) is 0 Å². The molecular formula is C17H10ClF3N4O. The summed E-state index contributed by atoms with van der Waals surface area (Å²) in [5.74, 6) is -1.48. The molecule has 0 aliphatic carbocycles. The van der Waals surface area contributed by atoms with Crippen LogP contribution in [0.5, 0.6) is 0 Å². The molecule has 0 saturated heterocycles. The molecule has 5 nitrogen and oxygen atoms in total. The number of aromatic nitrogens is 4. The number of benzene rings is 2. The third kappa shape index (κ3) is 3.03. The molecule has 132 valence electrons. The first-order valence-electron chi connectivity index (χ1n) is 7.51. The normalized spacial score (nSPS) is 12.0. The molecule has 2 aromatic carbocycles. The lowest BCUT2D eigenvalue weighted by Crippen LogP contribution is -2.04. The van der Waals surface area contributed by atoms with Crippen molar-refractivity contribution in [3.8, 4) is 11.4 Å². The summed E-state index contributed by atoms with van der Waals surface area (Å²) in [6.07, 6.45) is -2.97. The van der Waals surface area contributed by atoms with Gasteiger partial charge in [-0.25, -0.2) is 4.98 Å². The van der Waals surface area contributed by atoms with Crippen LogP contribution >= 0.6 is 11.6 Å². The van der Waals surface area contributed by atoms with Gasteiger partial charge >= 0.3 is 12.1 Å². The topological polar surface area (TPSA) is 56.7 Å². The number of imidazole rings is 1. The molecule has 4 aromatic rings. The van der Waals surface area contributed by atoms with Crippen molar-refractivity contribution in [2.45, 2.75) is 12.7 Å². The highest BCUT2D eigenvalue weighted by atomic mass is 35.5. The standard InChI is InChI=1S/C17H10ClF3N4O/c18-12-2-1-3-13-14(12)25(9-22-13)8-10-4-6-11(7-5-10)15-23-16(26-24-15)17(19,20)21/h1-7,9H,8H2. The molecule has 0 unspecified atom stereocenters. The number of alkyl halides is 3. The van der Waals surface area contributed by atoms with Gasteiger partial charge in [-0.1, -0.05) is 47.1 Å². The van der Waals surface area contributed by atoms with Crippen molar-refractivity contribution in [2.24, 2.45) is 0 Å². The molecule has 2 aromatic heterocycles. The summed E-state index contributed by atoms with van der Waals surface area (Å²) >= 11 is 6.23. The minimum atomic E-state index is -4.66. The molecule has 26 heavy (non-hydrogen) atoms. The molecule has 4 rings (SSSR count). The summed E-state index contributed by atoms with van der Waals surface area (Å²) < 4.78 is 43.8. The van der Waals surface area contributed by atoms with E-state index in [1.807, 2.05) is 16.7 Å². The van der Waals surface area contributed by atoms with Gasteiger partial charge in [-0.2, -0.15) is 18.2 Å². The van der Waals surface area contributed by atoms with E-state index in [-0.39, 0.29) is 5.82 Å². The highest BCUT2D eigenvalue weighted by Crippen LogP contribution is 2.29. The monoisotopic (exact) mass is 378 g/mol. The zero-order valence-corrected chi connectivity index (χ0v) is 13.8. The van der Waals surface area contributed by atoms with E-state index >= 15 is 0 Å². The molecular weight excluding hydrogens is 369 g/mol. The Hall–Kier alpha value is -2.87. The number of nitrogens with zero attached hydrogens (tertiary/aromatic N) is 4. The molecule has 0 aliphatic heterocycles. The average Bonchev–Trinajstić information content (AvgIpc) is 3.24. The van der Waals surface area contributed by atoms with E-state index in [0.29, 0.717) is 17.1 Å². The number of rotatable bonds is 3. The molecule has 0 amide bonds. The molecule has 0 spiro atoms. The maximum Gasteiger partial charge on any atom is 0.471 e. The van der Waals surface area contributed by atoms with E-state index in [2.05, 4.69) is 19.6 Å². The summed E-state index contributed by atoms with van der Waals surface area (Å²) in [5.41, 5.74) is 2.97. The van der Waals surface area contributed by atoms with E-state index in [4.69, 9.17) is 11.6 Å². The molecule has 0 aliphatic rings. The summed E-state index contributed by atoms with van der Waals surface area (Å²) in [5, 5.41) is 3.97. The Morgan fingerprint density at radius 2 is 1.85 bits per heavy atom. The second-order valence-corrected chi connectivity index (χ2v) is 6.01. The molecule has 0 atom stereocenters.